The molecule has 23 heavy (non-hydrogen) atoms. The Morgan fingerprint density at radius 3 is 2.78 bits per heavy atom. The highest BCUT2D eigenvalue weighted by molar-refractivity contribution is 6.35. The molecule has 0 saturated carbocycles. The standard InChI is InChI=1S/C15H23ClN4O3/c1-9-8-20(14(21)12-11(16)13(17)19-18-12)5-4-15(9,22)10-2-6-23-7-3-10/h9-10,22H,2-8H2,1H3,(H3,17,18,19)/t9-,15+/m1/s1. The predicted octanol–water partition coefficient (Wildman–Crippen LogP) is 1.28. The van der Waals surface area contributed by atoms with Crippen LogP contribution in [0.5, 0.6) is 0 Å². The van der Waals surface area contributed by atoms with Gasteiger partial charge in [-0.25, -0.2) is 0 Å². The van der Waals surface area contributed by atoms with Crippen LogP contribution < -0.4 is 5.73 Å². The van der Waals surface area contributed by atoms with Crippen LogP contribution in [0.4, 0.5) is 5.82 Å². The molecule has 0 aromatic carbocycles. The fourth-order valence-corrected chi connectivity index (χ4v) is 3.94. The third-order valence-electron chi connectivity index (χ3n) is 5.29. The molecule has 0 radical (unpaired) electrons. The molecule has 2 atom stereocenters. The third-order valence-corrected chi connectivity index (χ3v) is 5.67. The monoisotopic (exact) mass is 342 g/mol. The molecular weight excluding hydrogens is 320 g/mol. The number of nitrogens with one attached hydrogen (secondary N) is 1. The van der Waals surface area contributed by atoms with Crippen molar-refractivity contribution in [1.82, 2.24) is 15.1 Å². The second-order valence-corrected chi connectivity index (χ2v) is 6.96. The van der Waals surface area contributed by atoms with Crippen molar-refractivity contribution < 1.29 is 14.6 Å². The number of aromatic amines is 1. The van der Waals surface area contributed by atoms with E-state index in [0.29, 0.717) is 32.7 Å². The Morgan fingerprint density at radius 2 is 2.22 bits per heavy atom. The van der Waals surface area contributed by atoms with Gasteiger partial charge in [0.15, 0.2) is 5.82 Å². The summed E-state index contributed by atoms with van der Waals surface area (Å²) in [6, 6.07) is 0. The molecule has 2 saturated heterocycles. The summed E-state index contributed by atoms with van der Waals surface area (Å²) >= 11 is 6.01. The van der Waals surface area contributed by atoms with Gasteiger partial charge in [-0.1, -0.05) is 18.5 Å². The maximum atomic E-state index is 12.6. The zero-order valence-electron chi connectivity index (χ0n) is 13.2. The number of hydrogen-bond acceptors (Lipinski definition) is 5. The number of H-pyrrole nitrogens is 1. The highest BCUT2D eigenvalue weighted by atomic mass is 35.5. The molecule has 4 N–H and O–H groups in total. The van der Waals surface area contributed by atoms with Crippen LogP contribution in [0.3, 0.4) is 0 Å². The van der Waals surface area contributed by atoms with E-state index in [1.165, 1.54) is 0 Å². The second kappa shape index (κ2) is 6.30. The molecular formula is C15H23ClN4O3. The van der Waals surface area contributed by atoms with Gasteiger partial charge >= 0.3 is 0 Å². The van der Waals surface area contributed by atoms with Gasteiger partial charge < -0.3 is 20.5 Å². The fourth-order valence-electron chi connectivity index (χ4n) is 3.77. The molecule has 128 valence electrons. The summed E-state index contributed by atoms with van der Waals surface area (Å²) in [7, 11) is 0. The largest absolute Gasteiger partial charge is 0.389 e. The first-order chi connectivity index (χ1) is 10.9. The van der Waals surface area contributed by atoms with Gasteiger partial charge in [-0.3, -0.25) is 9.89 Å². The molecule has 2 aliphatic rings. The number of nitrogen functional groups attached to an aromatic ring is 1. The van der Waals surface area contributed by atoms with E-state index in [0.717, 1.165) is 12.8 Å². The molecule has 3 rings (SSSR count). The average Bonchev–Trinajstić information content (AvgIpc) is 2.90. The zero-order chi connectivity index (χ0) is 16.6. The number of piperidine rings is 1. The Labute approximate surface area is 140 Å². The van der Waals surface area contributed by atoms with Crippen LogP contribution in [-0.2, 0) is 4.74 Å². The van der Waals surface area contributed by atoms with Crippen molar-refractivity contribution in [2.45, 2.75) is 31.8 Å². The number of amides is 1. The number of aliphatic hydroxyl groups is 1. The SMILES string of the molecule is C[C@@H]1CN(C(=O)c2[nH]nc(N)c2Cl)CC[C@@]1(O)C1CCOCC1. The molecule has 0 spiro atoms. The molecule has 0 unspecified atom stereocenters. The minimum atomic E-state index is -0.739. The van der Waals surface area contributed by atoms with Crippen molar-refractivity contribution >= 4 is 23.3 Å². The molecule has 2 fully saturated rings. The van der Waals surface area contributed by atoms with Crippen LogP contribution in [0.15, 0.2) is 0 Å². The topological polar surface area (TPSA) is 104 Å². The van der Waals surface area contributed by atoms with Crippen LogP contribution in [0.25, 0.3) is 0 Å². The van der Waals surface area contributed by atoms with Crippen LogP contribution in [-0.4, -0.2) is 58.0 Å². The number of carbonyl (C=O) groups is 1. The van der Waals surface area contributed by atoms with Crippen molar-refractivity contribution in [1.29, 1.82) is 0 Å². The minimum absolute atomic E-state index is 0.0117. The van der Waals surface area contributed by atoms with Crippen LogP contribution in [0, 0.1) is 11.8 Å². The summed E-state index contributed by atoms with van der Waals surface area (Å²) in [5.41, 5.74) is 5.06. The van der Waals surface area contributed by atoms with Gasteiger partial charge in [-0.2, -0.15) is 5.10 Å². The number of nitrogens with zero attached hydrogens (tertiary/aromatic N) is 2. The molecule has 8 heteroatoms. The smallest absolute Gasteiger partial charge is 0.273 e. The second-order valence-electron chi connectivity index (χ2n) is 6.58. The van der Waals surface area contributed by atoms with Gasteiger partial charge in [-0.15, -0.1) is 0 Å². The van der Waals surface area contributed by atoms with Crippen LogP contribution >= 0.6 is 11.6 Å². The Morgan fingerprint density at radius 1 is 1.52 bits per heavy atom. The number of aromatic nitrogens is 2. The number of ether oxygens (including phenoxy) is 1. The minimum Gasteiger partial charge on any atom is -0.389 e. The van der Waals surface area contributed by atoms with Crippen molar-refractivity contribution in [3.05, 3.63) is 10.7 Å². The normalized spacial score (nSPS) is 29.7. The number of carbonyl (C=O) groups excluding carboxylic acids is 1. The van der Waals surface area contributed by atoms with Gasteiger partial charge in [0, 0.05) is 32.2 Å². The number of hydrogen-bond donors (Lipinski definition) is 3. The van der Waals surface area contributed by atoms with E-state index in [2.05, 4.69) is 10.2 Å². The Balaban J connectivity index is 1.70. The number of likely N-dealkylation sites (tertiary alicyclic amines) is 1. The van der Waals surface area contributed by atoms with Gasteiger partial charge in [-0.05, 0) is 25.2 Å². The fraction of sp³-hybridized carbons (Fsp3) is 0.733. The molecule has 7 nitrogen and oxygen atoms in total. The van der Waals surface area contributed by atoms with Gasteiger partial charge in [0.25, 0.3) is 5.91 Å². The van der Waals surface area contributed by atoms with E-state index in [-0.39, 0.29) is 34.3 Å². The van der Waals surface area contributed by atoms with Crippen molar-refractivity contribution in [2.24, 2.45) is 11.8 Å². The van der Waals surface area contributed by atoms with Crippen molar-refractivity contribution in [3.8, 4) is 0 Å². The number of halogens is 1. The summed E-state index contributed by atoms with van der Waals surface area (Å²) < 4.78 is 5.39. The molecule has 0 bridgehead atoms. The third kappa shape index (κ3) is 2.93. The summed E-state index contributed by atoms with van der Waals surface area (Å²) in [6.45, 7) is 4.38. The highest BCUT2D eigenvalue weighted by Gasteiger charge is 2.46. The summed E-state index contributed by atoms with van der Waals surface area (Å²) in [4.78, 5) is 14.3. The van der Waals surface area contributed by atoms with Gasteiger partial charge in [0.2, 0.25) is 0 Å². The molecule has 1 amide bonds. The first kappa shape index (κ1) is 16.5. The molecule has 0 aliphatic carbocycles. The molecule has 3 heterocycles. The zero-order valence-corrected chi connectivity index (χ0v) is 14.0. The number of rotatable bonds is 2. The average molecular weight is 343 g/mol. The molecule has 1 aromatic rings. The van der Waals surface area contributed by atoms with E-state index in [1.54, 1.807) is 4.90 Å². The van der Waals surface area contributed by atoms with E-state index < -0.39 is 5.60 Å². The van der Waals surface area contributed by atoms with E-state index in [9.17, 15) is 9.90 Å². The van der Waals surface area contributed by atoms with Gasteiger partial charge in [0.05, 0.1) is 5.60 Å². The first-order valence-electron chi connectivity index (χ1n) is 8.02. The van der Waals surface area contributed by atoms with Crippen molar-refractivity contribution in [3.63, 3.8) is 0 Å². The Bertz CT molecular complexity index is 587. The van der Waals surface area contributed by atoms with E-state index in [4.69, 9.17) is 22.1 Å². The maximum Gasteiger partial charge on any atom is 0.273 e. The highest BCUT2D eigenvalue weighted by Crippen LogP contribution is 2.39. The predicted molar refractivity (Wildman–Crippen MR) is 86.2 cm³/mol. The number of nitrogens with two attached hydrogens (primary N) is 1. The Hall–Kier alpha value is -1.31. The molecule has 1 aromatic heterocycles. The van der Waals surface area contributed by atoms with Crippen LogP contribution in [0.1, 0.15) is 36.7 Å². The van der Waals surface area contributed by atoms with Gasteiger partial charge in [0.1, 0.15) is 10.7 Å². The van der Waals surface area contributed by atoms with E-state index >= 15 is 0 Å². The summed E-state index contributed by atoms with van der Waals surface area (Å²) in [6.07, 6.45) is 2.31. The Kier molecular flexibility index (Phi) is 4.53. The lowest BCUT2D eigenvalue weighted by Gasteiger charge is -2.48. The molecule has 2 aliphatic heterocycles. The maximum absolute atomic E-state index is 12.6. The lowest BCUT2D eigenvalue weighted by molar-refractivity contribution is -0.125. The number of anilines is 1. The van der Waals surface area contributed by atoms with Crippen LogP contribution in [0.2, 0.25) is 5.02 Å². The lowest BCUT2D eigenvalue weighted by Crippen LogP contribution is -2.56. The quantitative estimate of drug-likeness (QED) is 0.751. The summed E-state index contributed by atoms with van der Waals surface area (Å²) in [5, 5.41) is 17.6. The van der Waals surface area contributed by atoms with Crippen molar-refractivity contribution in [2.75, 3.05) is 32.0 Å². The lowest BCUT2D eigenvalue weighted by atomic mass is 9.70. The first-order valence-corrected chi connectivity index (χ1v) is 8.40. The van der Waals surface area contributed by atoms with E-state index in [1.807, 2.05) is 6.92 Å². The summed E-state index contributed by atoms with van der Waals surface area (Å²) in [5.74, 6) is 0.121.